The van der Waals surface area contributed by atoms with Gasteiger partial charge in [-0.05, 0) is 35.2 Å². The molecule has 150 valence electrons. The number of halogens is 1. The largest absolute Gasteiger partial charge is 0.331 e. The van der Waals surface area contributed by atoms with Gasteiger partial charge in [0.1, 0.15) is 0 Å². The van der Waals surface area contributed by atoms with Crippen LogP contribution in [0.5, 0.6) is 0 Å². The number of carbonyl (C=O) groups excluding carboxylic acids is 1. The van der Waals surface area contributed by atoms with E-state index in [1.54, 1.807) is 6.20 Å². The van der Waals surface area contributed by atoms with Gasteiger partial charge in [-0.15, -0.1) is 12.4 Å². The Morgan fingerprint density at radius 1 is 1.07 bits per heavy atom. The summed E-state index contributed by atoms with van der Waals surface area (Å²) in [6, 6.07) is 20.5. The standard InChI is InChI=1S/C23H24N4O.ClH/c28-23(19-9-4-6-17(12-19)15-26-11-5-10-25-26)27-16-20-13-24-14-21(20)22(27)18-7-2-1-3-8-18;/h1-12,20-22,24H,13-16H2;1H/t20-,21-,22-;/m0./s1. The van der Waals surface area contributed by atoms with Gasteiger partial charge in [-0.25, -0.2) is 0 Å². The van der Waals surface area contributed by atoms with Crippen LogP contribution in [0, 0.1) is 11.8 Å². The first-order valence-corrected chi connectivity index (χ1v) is 9.92. The van der Waals surface area contributed by atoms with Gasteiger partial charge in [-0.1, -0.05) is 42.5 Å². The van der Waals surface area contributed by atoms with Crippen molar-refractivity contribution in [2.24, 2.45) is 11.8 Å². The monoisotopic (exact) mass is 408 g/mol. The number of aromatic nitrogens is 2. The molecule has 2 aromatic carbocycles. The second kappa shape index (κ2) is 8.39. The van der Waals surface area contributed by atoms with Crippen LogP contribution in [0.2, 0.25) is 0 Å². The molecule has 3 aromatic rings. The minimum atomic E-state index is 0. The molecule has 2 fully saturated rings. The van der Waals surface area contributed by atoms with E-state index in [1.165, 1.54) is 5.56 Å². The molecule has 1 aromatic heterocycles. The molecule has 6 heteroatoms. The third-order valence-electron chi connectivity index (χ3n) is 6.04. The van der Waals surface area contributed by atoms with Crippen molar-refractivity contribution >= 4 is 18.3 Å². The molecular formula is C23H25ClN4O. The van der Waals surface area contributed by atoms with Gasteiger partial charge in [0.05, 0.1) is 12.6 Å². The summed E-state index contributed by atoms with van der Waals surface area (Å²) in [6.45, 7) is 3.47. The van der Waals surface area contributed by atoms with Crippen molar-refractivity contribution in [3.8, 4) is 0 Å². The number of benzene rings is 2. The van der Waals surface area contributed by atoms with Crippen molar-refractivity contribution in [3.05, 3.63) is 89.7 Å². The molecule has 0 radical (unpaired) electrons. The van der Waals surface area contributed by atoms with Gasteiger partial charge in [0.25, 0.3) is 5.91 Å². The molecular weight excluding hydrogens is 384 g/mol. The van der Waals surface area contributed by atoms with Crippen LogP contribution < -0.4 is 5.32 Å². The maximum atomic E-state index is 13.5. The molecule has 5 nitrogen and oxygen atoms in total. The molecule has 2 aliphatic heterocycles. The molecule has 5 rings (SSSR count). The highest BCUT2D eigenvalue weighted by atomic mass is 35.5. The van der Waals surface area contributed by atoms with Crippen molar-refractivity contribution in [3.63, 3.8) is 0 Å². The second-order valence-corrected chi connectivity index (χ2v) is 7.80. The van der Waals surface area contributed by atoms with Crippen molar-refractivity contribution in [2.45, 2.75) is 12.6 Å². The van der Waals surface area contributed by atoms with Crippen molar-refractivity contribution in [2.75, 3.05) is 19.6 Å². The Balaban J connectivity index is 0.00000205. The number of nitrogens with zero attached hydrogens (tertiary/aromatic N) is 3. The van der Waals surface area contributed by atoms with Crippen LogP contribution in [0.15, 0.2) is 73.1 Å². The van der Waals surface area contributed by atoms with Crippen molar-refractivity contribution in [1.82, 2.24) is 20.0 Å². The minimum Gasteiger partial charge on any atom is -0.331 e. The average molecular weight is 409 g/mol. The normalized spacial score (nSPS) is 22.9. The molecule has 3 heterocycles. The number of likely N-dealkylation sites (tertiary alicyclic amines) is 1. The van der Waals surface area contributed by atoms with Crippen LogP contribution in [0.25, 0.3) is 0 Å². The Morgan fingerprint density at radius 2 is 1.93 bits per heavy atom. The maximum absolute atomic E-state index is 13.5. The van der Waals surface area contributed by atoms with E-state index < -0.39 is 0 Å². The Labute approximate surface area is 177 Å². The van der Waals surface area contributed by atoms with Crippen LogP contribution >= 0.6 is 12.4 Å². The van der Waals surface area contributed by atoms with Gasteiger partial charge in [0.15, 0.2) is 0 Å². The summed E-state index contributed by atoms with van der Waals surface area (Å²) in [5, 5.41) is 7.78. The molecule has 0 aliphatic carbocycles. The Hall–Kier alpha value is -2.63. The number of rotatable bonds is 4. The zero-order valence-corrected chi connectivity index (χ0v) is 17.0. The zero-order chi connectivity index (χ0) is 18.9. The van der Waals surface area contributed by atoms with Crippen LogP contribution in [-0.4, -0.2) is 40.2 Å². The van der Waals surface area contributed by atoms with Gasteiger partial charge in [0, 0.05) is 43.5 Å². The third kappa shape index (κ3) is 3.80. The summed E-state index contributed by atoms with van der Waals surface area (Å²) in [5.41, 5.74) is 3.09. The van der Waals surface area contributed by atoms with Crippen molar-refractivity contribution in [1.29, 1.82) is 0 Å². The molecule has 0 spiro atoms. The van der Waals surface area contributed by atoms with E-state index in [-0.39, 0.29) is 24.4 Å². The van der Waals surface area contributed by atoms with Crippen LogP contribution in [0.4, 0.5) is 0 Å². The second-order valence-electron chi connectivity index (χ2n) is 7.80. The van der Waals surface area contributed by atoms with E-state index in [2.05, 4.69) is 45.6 Å². The molecule has 1 amide bonds. The fraction of sp³-hybridized carbons (Fsp3) is 0.304. The van der Waals surface area contributed by atoms with Crippen LogP contribution in [0.3, 0.4) is 0 Å². The molecule has 1 N–H and O–H groups in total. The highest BCUT2D eigenvalue weighted by Crippen LogP contribution is 2.43. The van der Waals surface area contributed by atoms with E-state index in [0.717, 1.165) is 30.8 Å². The number of amides is 1. The highest BCUT2D eigenvalue weighted by molar-refractivity contribution is 5.95. The van der Waals surface area contributed by atoms with Crippen molar-refractivity contribution < 1.29 is 4.79 Å². The average Bonchev–Trinajstić information content (AvgIpc) is 3.45. The summed E-state index contributed by atoms with van der Waals surface area (Å²) in [4.78, 5) is 15.6. The Bertz CT molecular complexity index is 960. The maximum Gasteiger partial charge on any atom is 0.254 e. The lowest BCUT2D eigenvalue weighted by Gasteiger charge is -2.28. The zero-order valence-electron chi connectivity index (χ0n) is 16.1. The van der Waals surface area contributed by atoms with Gasteiger partial charge < -0.3 is 10.2 Å². The first kappa shape index (κ1) is 19.7. The molecule has 29 heavy (non-hydrogen) atoms. The fourth-order valence-corrected chi connectivity index (χ4v) is 4.76. The lowest BCUT2D eigenvalue weighted by atomic mass is 9.89. The number of nitrogens with one attached hydrogen (secondary N) is 1. The van der Waals surface area contributed by atoms with E-state index in [0.29, 0.717) is 18.4 Å². The predicted molar refractivity (Wildman–Crippen MR) is 115 cm³/mol. The molecule has 2 aliphatic rings. The van der Waals surface area contributed by atoms with Gasteiger partial charge in [-0.3, -0.25) is 9.48 Å². The number of hydrogen-bond acceptors (Lipinski definition) is 3. The number of hydrogen-bond donors (Lipinski definition) is 1. The molecule has 3 atom stereocenters. The molecule has 0 bridgehead atoms. The number of carbonyl (C=O) groups is 1. The van der Waals surface area contributed by atoms with Gasteiger partial charge in [0.2, 0.25) is 0 Å². The quantitative estimate of drug-likeness (QED) is 0.720. The predicted octanol–water partition coefficient (Wildman–Crippen LogP) is 3.39. The summed E-state index contributed by atoms with van der Waals surface area (Å²) in [5.74, 6) is 1.14. The number of fused-ring (bicyclic) bond motifs is 1. The van der Waals surface area contributed by atoms with E-state index in [4.69, 9.17) is 0 Å². The van der Waals surface area contributed by atoms with E-state index >= 15 is 0 Å². The minimum absolute atomic E-state index is 0. The molecule has 0 saturated carbocycles. The summed E-state index contributed by atoms with van der Waals surface area (Å²) < 4.78 is 1.88. The first-order valence-electron chi connectivity index (χ1n) is 9.92. The summed E-state index contributed by atoms with van der Waals surface area (Å²) in [6.07, 6.45) is 3.71. The Kier molecular flexibility index (Phi) is 5.69. The van der Waals surface area contributed by atoms with Gasteiger partial charge in [-0.2, -0.15) is 5.10 Å². The smallest absolute Gasteiger partial charge is 0.254 e. The third-order valence-corrected chi connectivity index (χ3v) is 6.04. The van der Waals surface area contributed by atoms with Crippen LogP contribution in [0.1, 0.15) is 27.5 Å². The summed E-state index contributed by atoms with van der Waals surface area (Å²) >= 11 is 0. The van der Waals surface area contributed by atoms with Gasteiger partial charge >= 0.3 is 0 Å². The summed E-state index contributed by atoms with van der Waals surface area (Å²) in [7, 11) is 0. The van der Waals surface area contributed by atoms with Crippen LogP contribution in [-0.2, 0) is 6.54 Å². The topological polar surface area (TPSA) is 50.2 Å². The first-order chi connectivity index (χ1) is 13.8. The Morgan fingerprint density at radius 3 is 2.72 bits per heavy atom. The van der Waals surface area contributed by atoms with E-state index in [1.807, 2.05) is 41.2 Å². The SMILES string of the molecule is Cl.O=C(c1cccc(Cn2cccn2)c1)N1C[C@@H]2CNC[C@@H]2[C@@H]1c1ccccc1. The fourth-order valence-electron chi connectivity index (χ4n) is 4.76. The lowest BCUT2D eigenvalue weighted by molar-refractivity contribution is 0.0714. The lowest BCUT2D eigenvalue weighted by Crippen LogP contribution is -2.34. The highest BCUT2D eigenvalue weighted by Gasteiger charge is 2.46. The molecule has 2 saturated heterocycles. The van der Waals surface area contributed by atoms with E-state index in [9.17, 15) is 4.79 Å². The molecule has 0 unspecified atom stereocenters.